The Labute approximate surface area is 166 Å². The summed E-state index contributed by atoms with van der Waals surface area (Å²) in [4.78, 5) is 24.2. The van der Waals surface area contributed by atoms with E-state index in [4.69, 9.17) is 9.47 Å². The predicted molar refractivity (Wildman–Crippen MR) is 105 cm³/mol. The zero-order valence-electron chi connectivity index (χ0n) is 17.0. The fourth-order valence-corrected chi connectivity index (χ4v) is 2.88. The number of hydrogen-bond donors (Lipinski definition) is 1. The van der Waals surface area contributed by atoms with E-state index in [0.29, 0.717) is 0 Å². The van der Waals surface area contributed by atoms with Crippen molar-refractivity contribution in [3.05, 3.63) is 30.3 Å². The molecule has 0 fully saturated rings. The van der Waals surface area contributed by atoms with Crippen molar-refractivity contribution in [3.8, 4) is 11.2 Å². The van der Waals surface area contributed by atoms with Crippen LogP contribution in [-0.2, 0) is 24.1 Å². The molecule has 0 saturated heterocycles. The highest BCUT2D eigenvalue weighted by atomic mass is 32.2. The van der Waals surface area contributed by atoms with Gasteiger partial charge in [-0.1, -0.05) is 24.1 Å². The second kappa shape index (κ2) is 9.11. The van der Waals surface area contributed by atoms with Gasteiger partial charge in [0.2, 0.25) is 9.84 Å². The molecule has 1 aromatic rings. The van der Waals surface area contributed by atoms with E-state index in [1.165, 1.54) is 12.1 Å². The highest BCUT2D eigenvalue weighted by molar-refractivity contribution is 7.96. The van der Waals surface area contributed by atoms with Gasteiger partial charge in [0.05, 0.1) is 11.3 Å². The molecule has 1 atom stereocenters. The van der Waals surface area contributed by atoms with E-state index < -0.39 is 39.1 Å². The van der Waals surface area contributed by atoms with Crippen molar-refractivity contribution in [2.45, 2.75) is 70.1 Å². The van der Waals surface area contributed by atoms with Crippen molar-refractivity contribution < 1.29 is 27.5 Å². The molecule has 1 aromatic carbocycles. The highest BCUT2D eigenvalue weighted by Gasteiger charge is 2.24. The third-order valence-corrected chi connectivity index (χ3v) is 4.18. The van der Waals surface area contributed by atoms with Crippen LogP contribution in [0.25, 0.3) is 0 Å². The lowest BCUT2D eigenvalue weighted by Crippen LogP contribution is -2.40. The Kier molecular flexibility index (Phi) is 7.65. The van der Waals surface area contributed by atoms with Gasteiger partial charge in [-0.25, -0.2) is 13.2 Å². The van der Waals surface area contributed by atoms with Gasteiger partial charge in [0.1, 0.15) is 17.2 Å². The second-order valence-corrected chi connectivity index (χ2v) is 9.73. The summed E-state index contributed by atoms with van der Waals surface area (Å²) >= 11 is 0. The normalized spacial score (nSPS) is 12.9. The first-order valence-electron chi connectivity index (χ1n) is 8.72. The number of carbonyl (C=O) groups is 2. The van der Waals surface area contributed by atoms with Crippen molar-refractivity contribution in [2.75, 3.05) is 0 Å². The molecule has 0 spiro atoms. The Bertz CT molecular complexity index is 822. The lowest BCUT2D eigenvalue weighted by molar-refractivity contribution is -0.155. The molecule has 0 aliphatic heterocycles. The number of rotatable bonds is 4. The van der Waals surface area contributed by atoms with E-state index in [0.717, 1.165) is 0 Å². The number of sulfone groups is 1. The molecule has 0 heterocycles. The molecule has 8 heteroatoms. The highest BCUT2D eigenvalue weighted by Crippen LogP contribution is 2.12. The molecule has 0 aromatic heterocycles. The smallest absolute Gasteiger partial charge is 0.408 e. The van der Waals surface area contributed by atoms with Crippen LogP contribution in [0, 0.1) is 11.2 Å². The van der Waals surface area contributed by atoms with Gasteiger partial charge in [-0.05, 0) is 53.7 Å². The maximum absolute atomic E-state index is 12.3. The molecule has 1 N–H and O–H groups in total. The number of benzene rings is 1. The van der Waals surface area contributed by atoms with Crippen LogP contribution in [-0.4, -0.2) is 37.7 Å². The van der Waals surface area contributed by atoms with Crippen LogP contribution in [0.15, 0.2) is 35.2 Å². The van der Waals surface area contributed by atoms with Crippen molar-refractivity contribution in [2.24, 2.45) is 0 Å². The zero-order valence-corrected chi connectivity index (χ0v) is 17.8. The first-order chi connectivity index (χ1) is 12.7. The lowest BCUT2D eigenvalue weighted by atomic mass is 10.1. The summed E-state index contributed by atoms with van der Waals surface area (Å²) in [6.45, 7) is 10.1. The van der Waals surface area contributed by atoms with Gasteiger partial charge >= 0.3 is 12.1 Å². The number of carbonyl (C=O) groups excluding carboxylic acids is 2. The summed E-state index contributed by atoms with van der Waals surface area (Å²) in [6, 6.07) is 6.56. The first-order valence-corrected chi connectivity index (χ1v) is 10.2. The summed E-state index contributed by atoms with van der Waals surface area (Å²) in [6.07, 6.45) is -1.14. The van der Waals surface area contributed by atoms with Crippen molar-refractivity contribution in [3.63, 3.8) is 0 Å². The minimum Gasteiger partial charge on any atom is -0.460 e. The number of ether oxygens (including phenoxy) is 2. The van der Waals surface area contributed by atoms with E-state index >= 15 is 0 Å². The Morgan fingerprint density at radius 2 is 1.54 bits per heavy atom. The maximum atomic E-state index is 12.3. The van der Waals surface area contributed by atoms with Crippen LogP contribution in [0.4, 0.5) is 4.79 Å². The van der Waals surface area contributed by atoms with E-state index in [1.54, 1.807) is 59.7 Å². The van der Waals surface area contributed by atoms with Gasteiger partial charge in [0, 0.05) is 5.25 Å². The molecular weight excluding hydrogens is 382 g/mol. The molecule has 0 saturated carbocycles. The van der Waals surface area contributed by atoms with Crippen molar-refractivity contribution in [1.82, 2.24) is 5.32 Å². The minimum absolute atomic E-state index is 0.0239. The molecule has 7 nitrogen and oxygen atoms in total. The largest absolute Gasteiger partial charge is 0.460 e. The topological polar surface area (TPSA) is 98.8 Å². The maximum Gasteiger partial charge on any atom is 0.408 e. The number of alkyl carbamates (subject to hydrolysis) is 1. The molecular formula is C20H27NO6S. The molecule has 0 aliphatic rings. The number of amides is 1. The van der Waals surface area contributed by atoms with Gasteiger partial charge in [0.15, 0.2) is 0 Å². The summed E-state index contributed by atoms with van der Waals surface area (Å²) in [7, 11) is -3.90. The zero-order chi connectivity index (χ0) is 21.6. The average molecular weight is 410 g/mol. The van der Waals surface area contributed by atoms with Crippen LogP contribution >= 0.6 is 0 Å². The van der Waals surface area contributed by atoms with E-state index in [9.17, 15) is 18.0 Å². The second-order valence-electron chi connectivity index (χ2n) is 8.05. The minimum atomic E-state index is -3.90. The fraction of sp³-hybridized carbons (Fsp3) is 0.500. The SMILES string of the molecule is CC(C)(C)OC(=O)C[C@@H](C#CS(=O)(=O)c1ccccc1)NC(=O)OC(C)(C)C. The Balaban J connectivity index is 3.04. The van der Waals surface area contributed by atoms with Crippen LogP contribution in [0.2, 0.25) is 0 Å². The van der Waals surface area contributed by atoms with E-state index in [1.807, 2.05) is 0 Å². The quantitative estimate of drug-likeness (QED) is 0.466. The van der Waals surface area contributed by atoms with Crippen molar-refractivity contribution in [1.29, 1.82) is 0 Å². The predicted octanol–water partition coefficient (Wildman–Crippen LogP) is 3.05. The van der Waals surface area contributed by atoms with Gasteiger partial charge in [-0.3, -0.25) is 4.79 Å². The summed E-state index contributed by atoms with van der Waals surface area (Å²) in [5, 5.41) is 4.57. The molecule has 154 valence electrons. The Morgan fingerprint density at radius 3 is 2.04 bits per heavy atom. The van der Waals surface area contributed by atoms with Crippen LogP contribution in [0.3, 0.4) is 0 Å². The third-order valence-electron chi connectivity index (χ3n) is 2.90. The lowest BCUT2D eigenvalue weighted by Gasteiger charge is -2.23. The van der Waals surface area contributed by atoms with Crippen LogP contribution < -0.4 is 5.32 Å². The average Bonchev–Trinajstić information content (AvgIpc) is 2.50. The fourth-order valence-electron chi connectivity index (χ4n) is 1.95. The Morgan fingerprint density at radius 1 is 1.00 bits per heavy atom. The molecule has 0 unspecified atom stereocenters. The molecule has 0 bridgehead atoms. The number of hydrogen-bond acceptors (Lipinski definition) is 6. The van der Waals surface area contributed by atoms with Gasteiger partial charge in [0.25, 0.3) is 0 Å². The Hall–Kier alpha value is -2.53. The molecule has 0 aliphatic carbocycles. The van der Waals surface area contributed by atoms with E-state index in [2.05, 4.69) is 16.5 Å². The summed E-state index contributed by atoms with van der Waals surface area (Å²) in [5.41, 5.74) is -1.48. The van der Waals surface area contributed by atoms with Crippen LogP contribution in [0.5, 0.6) is 0 Å². The van der Waals surface area contributed by atoms with Gasteiger partial charge < -0.3 is 14.8 Å². The molecule has 28 heavy (non-hydrogen) atoms. The van der Waals surface area contributed by atoms with Gasteiger partial charge in [-0.2, -0.15) is 0 Å². The number of esters is 1. The summed E-state index contributed by atoms with van der Waals surface area (Å²) < 4.78 is 35.0. The van der Waals surface area contributed by atoms with Crippen LogP contribution in [0.1, 0.15) is 48.0 Å². The van der Waals surface area contributed by atoms with E-state index in [-0.39, 0.29) is 11.3 Å². The van der Waals surface area contributed by atoms with Gasteiger partial charge in [-0.15, -0.1) is 0 Å². The molecule has 1 amide bonds. The first kappa shape index (κ1) is 23.5. The standard InChI is InChI=1S/C20H27NO6S/c1-19(2,3)26-17(22)14-15(21-18(23)27-20(4,5)6)12-13-28(24,25)16-10-8-7-9-11-16/h7-11,15H,14H2,1-6H3,(H,21,23)/t15-/m1/s1. The molecule has 0 radical (unpaired) electrons. The number of nitrogens with one attached hydrogen (secondary N) is 1. The molecule has 1 rings (SSSR count). The summed E-state index contributed by atoms with van der Waals surface area (Å²) in [5.74, 6) is 1.82. The third kappa shape index (κ3) is 9.42. The van der Waals surface area contributed by atoms with Crippen molar-refractivity contribution >= 4 is 21.9 Å². The monoisotopic (exact) mass is 409 g/mol.